The standard InChI is InChI=1S/C23H25N3O3/c1-15-13-18(20(28-2)14-24-15)22(27)26-10-8-23(9-11-26)21-17(7-12-29-23)16-5-3-4-6-19(16)25-21/h3-6,13-14,25H,7-12H2,1-2H3. The van der Waals surface area contributed by atoms with Crippen LogP contribution in [0.3, 0.4) is 0 Å². The molecule has 5 rings (SSSR count). The number of pyridine rings is 1. The molecule has 4 heterocycles. The maximum Gasteiger partial charge on any atom is 0.257 e. The first kappa shape index (κ1) is 18.2. The second-order valence-corrected chi connectivity index (χ2v) is 7.94. The minimum atomic E-state index is -0.332. The number of ether oxygens (including phenoxy) is 2. The summed E-state index contributed by atoms with van der Waals surface area (Å²) in [5.41, 5.74) is 4.79. The number of nitrogens with one attached hydrogen (secondary N) is 1. The Kier molecular flexibility index (Phi) is 4.32. The average Bonchev–Trinajstić information content (AvgIpc) is 3.14. The van der Waals surface area contributed by atoms with Gasteiger partial charge >= 0.3 is 0 Å². The van der Waals surface area contributed by atoms with Crippen molar-refractivity contribution < 1.29 is 14.3 Å². The zero-order valence-corrected chi connectivity index (χ0v) is 16.8. The molecule has 6 nitrogen and oxygen atoms in total. The van der Waals surface area contributed by atoms with Crippen LogP contribution in [0.5, 0.6) is 5.75 Å². The monoisotopic (exact) mass is 391 g/mol. The van der Waals surface area contributed by atoms with Gasteiger partial charge in [-0.2, -0.15) is 0 Å². The minimum Gasteiger partial charge on any atom is -0.494 e. The average molecular weight is 391 g/mol. The number of likely N-dealkylation sites (tertiary alicyclic amines) is 1. The molecule has 3 aromatic rings. The molecule has 1 amide bonds. The third-order valence-electron chi connectivity index (χ3n) is 6.31. The predicted octanol–water partition coefficient (Wildman–Crippen LogP) is 3.58. The number of hydrogen-bond donors (Lipinski definition) is 1. The number of nitrogens with zero attached hydrogens (tertiary/aromatic N) is 2. The minimum absolute atomic E-state index is 0.00474. The molecule has 0 atom stereocenters. The molecule has 29 heavy (non-hydrogen) atoms. The highest BCUT2D eigenvalue weighted by Gasteiger charge is 2.43. The number of carbonyl (C=O) groups is 1. The van der Waals surface area contributed by atoms with Crippen molar-refractivity contribution in [1.29, 1.82) is 0 Å². The lowest BCUT2D eigenvalue weighted by atomic mass is 9.83. The molecule has 6 heteroatoms. The largest absolute Gasteiger partial charge is 0.494 e. The van der Waals surface area contributed by atoms with Gasteiger partial charge in [0, 0.05) is 29.7 Å². The lowest BCUT2D eigenvalue weighted by Crippen LogP contribution is -2.48. The van der Waals surface area contributed by atoms with Gasteiger partial charge in [0.25, 0.3) is 5.91 Å². The van der Waals surface area contributed by atoms with Crippen LogP contribution in [0.4, 0.5) is 0 Å². The number of aryl methyl sites for hydroxylation is 1. The fourth-order valence-electron chi connectivity index (χ4n) is 4.78. The summed E-state index contributed by atoms with van der Waals surface area (Å²) in [6.45, 7) is 3.91. The fourth-order valence-corrected chi connectivity index (χ4v) is 4.78. The van der Waals surface area contributed by atoms with Crippen LogP contribution in [-0.2, 0) is 16.8 Å². The van der Waals surface area contributed by atoms with Gasteiger partial charge < -0.3 is 19.4 Å². The SMILES string of the molecule is COc1cnc(C)cc1C(=O)N1CCC2(CC1)OCCc1c2[nH]c2ccccc12. The number of H-pyrrole nitrogens is 1. The molecular weight excluding hydrogens is 366 g/mol. The van der Waals surface area contributed by atoms with E-state index in [1.165, 1.54) is 16.6 Å². The first-order chi connectivity index (χ1) is 14.1. The molecule has 0 saturated carbocycles. The molecule has 1 aromatic carbocycles. The maximum absolute atomic E-state index is 13.2. The molecule has 1 N–H and O–H groups in total. The molecule has 0 bridgehead atoms. The summed E-state index contributed by atoms with van der Waals surface area (Å²) in [4.78, 5) is 22.9. The number of piperidine rings is 1. The van der Waals surface area contributed by atoms with Crippen LogP contribution in [0.25, 0.3) is 10.9 Å². The number of aromatic amines is 1. The quantitative estimate of drug-likeness (QED) is 0.725. The van der Waals surface area contributed by atoms with Gasteiger partial charge in [-0.3, -0.25) is 9.78 Å². The lowest BCUT2D eigenvalue weighted by molar-refractivity contribution is -0.0957. The van der Waals surface area contributed by atoms with Gasteiger partial charge in [0.15, 0.2) is 0 Å². The van der Waals surface area contributed by atoms with Crippen molar-refractivity contribution in [3.05, 3.63) is 59.0 Å². The van der Waals surface area contributed by atoms with Gasteiger partial charge in [-0.1, -0.05) is 18.2 Å². The number of hydrogen-bond acceptors (Lipinski definition) is 4. The highest BCUT2D eigenvalue weighted by atomic mass is 16.5. The number of benzene rings is 1. The molecular formula is C23H25N3O3. The number of para-hydroxylation sites is 1. The van der Waals surface area contributed by atoms with Gasteiger partial charge in [-0.25, -0.2) is 0 Å². The van der Waals surface area contributed by atoms with E-state index in [0.717, 1.165) is 37.1 Å². The first-order valence-electron chi connectivity index (χ1n) is 10.2. The molecule has 1 fully saturated rings. The maximum atomic E-state index is 13.2. The number of aromatic nitrogens is 2. The van der Waals surface area contributed by atoms with E-state index in [1.807, 2.05) is 11.8 Å². The highest BCUT2D eigenvalue weighted by Crippen LogP contribution is 2.43. The number of methoxy groups -OCH3 is 1. The molecule has 2 aliphatic heterocycles. The Labute approximate surface area is 169 Å². The van der Waals surface area contributed by atoms with Crippen molar-refractivity contribution in [1.82, 2.24) is 14.9 Å². The molecule has 1 spiro atoms. The topological polar surface area (TPSA) is 67.4 Å². The molecule has 0 radical (unpaired) electrons. The van der Waals surface area contributed by atoms with Crippen molar-refractivity contribution in [2.24, 2.45) is 0 Å². The normalized spacial score (nSPS) is 18.1. The molecule has 0 unspecified atom stereocenters. The van der Waals surface area contributed by atoms with Crippen LogP contribution in [-0.4, -0.2) is 47.6 Å². The van der Waals surface area contributed by atoms with E-state index < -0.39 is 0 Å². The summed E-state index contributed by atoms with van der Waals surface area (Å²) in [7, 11) is 1.57. The Bertz CT molecular complexity index is 1080. The first-order valence-corrected chi connectivity index (χ1v) is 10.2. The Balaban J connectivity index is 1.42. The molecule has 0 aliphatic carbocycles. The third-order valence-corrected chi connectivity index (χ3v) is 6.31. The van der Waals surface area contributed by atoms with Crippen LogP contribution in [0, 0.1) is 6.92 Å². The predicted molar refractivity (Wildman–Crippen MR) is 110 cm³/mol. The summed E-state index contributed by atoms with van der Waals surface area (Å²) < 4.78 is 11.7. The van der Waals surface area contributed by atoms with Crippen molar-refractivity contribution in [2.45, 2.75) is 31.8 Å². The smallest absolute Gasteiger partial charge is 0.257 e. The Morgan fingerprint density at radius 1 is 1.28 bits per heavy atom. The van der Waals surface area contributed by atoms with Gasteiger partial charge in [0.1, 0.15) is 11.4 Å². The van der Waals surface area contributed by atoms with Crippen LogP contribution >= 0.6 is 0 Å². The van der Waals surface area contributed by atoms with Crippen LogP contribution in [0.1, 0.15) is 40.2 Å². The van der Waals surface area contributed by atoms with Crippen molar-refractivity contribution in [3.8, 4) is 5.75 Å². The molecule has 1 saturated heterocycles. The summed E-state index contributed by atoms with van der Waals surface area (Å²) in [5.74, 6) is 0.516. The van der Waals surface area contributed by atoms with E-state index in [0.29, 0.717) is 24.4 Å². The van der Waals surface area contributed by atoms with E-state index in [4.69, 9.17) is 9.47 Å². The van der Waals surface area contributed by atoms with Crippen LogP contribution in [0.2, 0.25) is 0 Å². The number of rotatable bonds is 2. The van der Waals surface area contributed by atoms with Crippen LogP contribution in [0.15, 0.2) is 36.5 Å². The van der Waals surface area contributed by atoms with E-state index in [2.05, 4.69) is 34.2 Å². The number of amides is 1. The molecule has 2 aliphatic rings. The second-order valence-electron chi connectivity index (χ2n) is 7.94. The van der Waals surface area contributed by atoms with Crippen molar-refractivity contribution in [2.75, 3.05) is 26.8 Å². The fraction of sp³-hybridized carbons (Fsp3) is 0.391. The van der Waals surface area contributed by atoms with Crippen molar-refractivity contribution in [3.63, 3.8) is 0 Å². The van der Waals surface area contributed by atoms with Gasteiger partial charge in [0.2, 0.25) is 0 Å². The molecule has 2 aromatic heterocycles. The highest BCUT2D eigenvalue weighted by molar-refractivity contribution is 5.97. The second kappa shape index (κ2) is 6.88. The van der Waals surface area contributed by atoms with E-state index >= 15 is 0 Å². The summed E-state index contributed by atoms with van der Waals surface area (Å²) in [5, 5.41) is 1.29. The van der Waals surface area contributed by atoms with E-state index in [9.17, 15) is 4.79 Å². The summed E-state index contributed by atoms with van der Waals surface area (Å²) in [6.07, 6.45) is 4.11. The summed E-state index contributed by atoms with van der Waals surface area (Å²) >= 11 is 0. The Hall–Kier alpha value is -2.86. The van der Waals surface area contributed by atoms with E-state index in [1.54, 1.807) is 19.4 Å². The van der Waals surface area contributed by atoms with Crippen LogP contribution < -0.4 is 4.74 Å². The van der Waals surface area contributed by atoms with Gasteiger partial charge in [-0.05, 0) is 43.9 Å². The van der Waals surface area contributed by atoms with Gasteiger partial charge in [0.05, 0.1) is 31.2 Å². The Morgan fingerprint density at radius 3 is 2.86 bits per heavy atom. The van der Waals surface area contributed by atoms with Gasteiger partial charge in [-0.15, -0.1) is 0 Å². The van der Waals surface area contributed by atoms with E-state index in [-0.39, 0.29) is 11.5 Å². The summed E-state index contributed by atoms with van der Waals surface area (Å²) in [6, 6.07) is 10.3. The number of fused-ring (bicyclic) bond motifs is 4. The zero-order chi connectivity index (χ0) is 20.0. The Morgan fingerprint density at radius 2 is 2.07 bits per heavy atom. The molecule has 150 valence electrons. The third kappa shape index (κ3) is 2.90. The zero-order valence-electron chi connectivity index (χ0n) is 16.8. The van der Waals surface area contributed by atoms with Crippen molar-refractivity contribution >= 4 is 16.8 Å². The lowest BCUT2D eigenvalue weighted by Gasteiger charge is -2.43. The number of carbonyl (C=O) groups excluding carboxylic acids is 1.